The first kappa shape index (κ1) is 19.2. The van der Waals surface area contributed by atoms with Gasteiger partial charge in [0.15, 0.2) is 5.78 Å². The molecular formula is C22H27N3O2. The van der Waals surface area contributed by atoms with E-state index < -0.39 is 0 Å². The fourth-order valence-corrected chi connectivity index (χ4v) is 3.54. The van der Waals surface area contributed by atoms with Crippen LogP contribution >= 0.6 is 0 Å². The van der Waals surface area contributed by atoms with Crippen LogP contribution in [0.1, 0.15) is 41.6 Å². The van der Waals surface area contributed by atoms with Crippen molar-refractivity contribution in [3.63, 3.8) is 0 Å². The van der Waals surface area contributed by atoms with Gasteiger partial charge < -0.3 is 5.32 Å². The first-order valence-electron chi connectivity index (χ1n) is 9.70. The van der Waals surface area contributed by atoms with Crippen LogP contribution in [0.25, 0.3) is 0 Å². The van der Waals surface area contributed by atoms with Crippen molar-refractivity contribution in [2.45, 2.75) is 38.1 Å². The van der Waals surface area contributed by atoms with Crippen molar-refractivity contribution < 1.29 is 9.59 Å². The summed E-state index contributed by atoms with van der Waals surface area (Å²) in [6.45, 7) is 2.80. The highest BCUT2D eigenvalue weighted by Gasteiger charge is 2.22. The number of pyridine rings is 1. The van der Waals surface area contributed by atoms with Crippen LogP contribution in [0.2, 0.25) is 0 Å². The van der Waals surface area contributed by atoms with Crippen LogP contribution in [0.5, 0.6) is 0 Å². The maximum Gasteiger partial charge on any atom is 0.220 e. The summed E-state index contributed by atoms with van der Waals surface area (Å²) in [7, 11) is 0. The Labute approximate surface area is 160 Å². The number of aromatic nitrogens is 1. The third-order valence-electron chi connectivity index (χ3n) is 5.07. The van der Waals surface area contributed by atoms with Crippen molar-refractivity contribution >= 4 is 11.7 Å². The second kappa shape index (κ2) is 9.97. The van der Waals surface area contributed by atoms with Gasteiger partial charge in [-0.1, -0.05) is 30.3 Å². The summed E-state index contributed by atoms with van der Waals surface area (Å²) in [6.07, 6.45) is 6.97. The molecule has 1 amide bonds. The summed E-state index contributed by atoms with van der Waals surface area (Å²) >= 11 is 0. The zero-order valence-electron chi connectivity index (χ0n) is 15.6. The topological polar surface area (TPSA) is 62.3 Å². The SMILES string of the molecule is O=C(CCC(=O)c1cccnc1)NCC(Cc1ccccc1)N1CCCC1. The minimum Gasteiger partial charge on any atom is -0.355 e. The molecule has 1 N–H and O–H groups in total. The monoisotopic (exact) mass is 365 g/mol. The Balaban J connectivity index is 1.48. The molecule has 0 spiro atoms. The normalized spacial score (nSPS) is 15.4. The molecule has 1 aromatic carbocycles. The van der Waals surface area contributed by atoms with E-state index in [9.17, 15) is 9.59 Å². The van der Waals surface area contributed by atoms with E-state index in [1.807, 2.05) is 6.07 Å². The molecule has 1 fully saturated rings. The predicted molar refractivity (Wildman–Crippen MR) is 106 cm³/mol. The third-order valence-corrected chi connectivity index (χ3v) is 5.07. The fraction of sp³-hybridized carbons (Fsp3) is 0.409. The molecule has 2 aromatic rings. The van der Waals surface area contributed by atoms with Gasteiger partial charge in [0.05, 0.1) is 0 Å². The van der Waals surface area contributed by atoms with Gasteiger partial charge in [-0.05, 0) is 50.0 Å². The van der Waals surface area contributed by atoms with E-state index in [1.165, 1.54) is 18.4 Å². The molecule has 1 aliphatic heterocycles. The molecule has 1 aromatic heterocycles. The summed E-state index contributed by atoms with van der Waals surface area (Å²) in [5.41, 5.74) is 1.85. The van der Waals surface area contributed by atoms with E-state index in [1.54, 1.807) is 24.5 Å². The molecule has 142 valence electrons. The molecule has 0 saturated carbocycles. The van der Waals surface area contributed by atoms with Gasteiger partial charge in [-0.15, -0.1) is 0 Å². The van der Waals surface area contributed by atoms with Crippen molar-refractivity contribution in [2.75, 3.05) is 19.6 Å². The van der Waals surface area contributed by atoms with E-state index in [0.717, 1.165) is 19.5 Å². The molecular weight excluding hydrogens is 338 g/mol. The highest BCUT2D eigenvalue weighted by molar-refractivity contribution is 5.97. The van der Waals surface area contributed by atoms with Crippen LogP contribution < -0.4 is 5.32 Å². The van der Waals surface area contributed by atoms with Crippen molar-refractivity contribution in [3.05, 3.63) is 66.0 Å². The van der Waals surface area contributed by atoms with Crippen molar-refractivity contribution in [3.8, 4) is 0 Å². The number of amides is 1. The van der Waals surface area contributed by atoms with Crippen molar-refractivity contribution in [2.24, 2.45) is 0 Å². The molecule has 2 heterocycles. The highest BCUT2D eigenvalue weighted by Crippen LogP contribution is 2.15. The number of nitrogens with one attached hydrogen (secondary N) is 1. The zero-order valence-corrected chi connectivity index (χ0v) is 15.6. The van der Waals surface area contributed by atoms with E-state index >= 15 is 0 Å². The smallest absolute Gasteiger partial charge is 0.220 e. The second-order valence-electron chi connectivity index (χ2n) is 7.06. The van der Waals surface area contributed by atoms with Gasteiger partial charge in [0.1, 0.15) is 0 Å². The van der Waals surface area contributed by atoms with Crippen LogP contribution in [-0.2, 0) is 11.2 Å². The number of likely N-dealkylation sites (tertiary alicyclic amines) is 1. The van der Waals surface area contributed by atoms with Crippen LogP contribution in [0.3, 0.4) is 0 Å². The van der Waals surface area contributed by atoms with E-state index in [0.29, 0.717) is 18.2 Å². The molecule has 1 saturated heterocycles. The molecule has 0 bridgehead atoms. The zero-order chi connectivity index (χ0) is 18.9. The lowest BCUT2D eigenvalue weighted by atomic mass is 10.0. The van der Waals surface area contributed by atoms with Crippen LogP contribution in [-0.4, -0.2) is 47.3 Å². The standard InChI is InChI=1S/C22H27N3O2/c26-21(19-9-6-12-23-16-19)10-11-22(27)24-17-20(25-13-4-5-14-25)15-18-7-2-1-3-8-18/h1-3,6-9,12,16,20H,4-5,10-11,13-15,17H2,(H,24,27). The number of rotatable bonds is 9. The van der Waals surface area contributed by atoms with Gasteiger partial charge in [0.2, 0.25) is 5.91 Å². The first-order valence-corrected chi connectivity index (χ1v) is 9.70. The lowest BCUT2D eigenvalue weighted by molar-refractivity contribution is -0.121. The molecule has 27 heavy (non-hydrogen) atoms. The van der Waals surface area contributed by atoms with Crippen LogP contribution in [0, 0.1) is 0 Å². The Morgan fingerprint density at radius 3 is 2.52 bits per heavy atom. The number of hydrogen-bond acceptors (Lipinski definition) is 4. The van der Waals surface area contributed by atoms with Gasteiger partial charge in [-0.2, -0.15) is 0 Å². The average molecular weight is 365 g/mol. The first-order chi connectivity index (χ1) is 13.2. The third kappa shape index (κ3) is 6.00. The summed E-state index contributed by atoms with van der Waals surface area (Å²) in [5, 5.41) is 3.04. The van der Waals surface area contributed by atoms with Gasteiger partial charge in [-0.25, -0.2) is 0 Å². The minimum atomic E-state index is -0.0653. The minimum absolute atomic E-state index is 0.0429. The van der Waals surface area contributed by atoms with Crippen LogP contribution in [0.4, 0.5) is 0 Å². The Morgan fingerprint density at radius 2 is 1.81 bits per heavy atom. The highest BCUT2D eigenvalue weighted by atomic mass is 16.2. The van der Waals surface area contributed by atoms with Gasteiger partial charge >= 0.3 is 0 Å². The Bertz CT molecular complexity index is 728. The summed E-state index contributed by atoms with van der Waals surface area (Å²) < 4.78 is 0. The number of nitrogens with zero attached hydrogens (tertiary/aromatic N) is 2. The Hall–Kier alpha value is -2.53. The molecule has 0 aliphatic carbocycles. The second-order valence-corrected chi connectivity index (χ2v) is 7.06. The predicted octanol–water partition coefficient (Wildman–Crippen LogP) is 2.87. The van der Waals surface area contributed by atoms with E-state index in [-0.39, 0.29) is 24.5 Å². The Morgan fingerprint density at radius 1 is 1.04 bits per heavy atom. The number of benzene rings is 1. The molecule has 1 aliphatic rings. The summed E-state index contributed by atoms with van der Waals surface area (Å²) in [5.74, 6) is -0.108. The number of Topliss-reactive ketones (excluding diaryl/α,β-unsaturated/α-hetero) is 1. The number of hydrogen-bond donors (Lipinski definition) is 1. The lowest BCUT2D eigenvalue weighted by Crippen LogP contribution is -2.44. The number of ketones is 1. The Kier molecular flexibility index (Phi) is 7.11. The molecule has 3 rings (SSSR count). The van der Waals surface area contributed by atoms with E-state index in [2.05, 4.69) is 39.5 Å². The quantitative estimate of drug-likeness (QED) is 0.694. The van der Waals surface area contributed by atoms with Crippen molar-refractivity contribution in [1.29, 1.82) is 0 Å². The number of carbonyl (C=O) groups is 2. The summed E-state index contributed by atoms with van der Waals surface area (Å²) in [6, 6.07) is 14.2. The van der Waals surface area contributed by atoms with Gasteiger partial charge in [0.25, 0.3) is 0 Å². The maximum atomic E-state index is 12.3. The van der Waals surface area contributed by atoms with Gasteiger partial charge in [-0.3, -0.25) is 19.5 Å². The molecule has 1 unspecified atom stereocenters. The van der Waals surface area contributed by atoms with E-state index in [4.69, 9.17) is 0 Å². The molecule has 5 heteroatoms. The summed E-state index contributed by atoms with van der Waals surface area (Å²) in [4.78, 5) is 30.8. The maximum absolute atomic E-state index is 12.3. The number of carbonyl (C=O) groups excluding carboxylic acids is 2. The van der Waals surface area contributed by atoms with Gasteiger partial charge in [0, 0.05) is 43.4 Å². The average Bonchev–Trinajstić information content (AvgIpc) is 3.25. The lowest BCUT2D eigenvalue weighted by Gasteiger charge is -2.28. The largest absolute Gasteiger partial charge is 0.355 e. The fourth-order valence-electron chi connectivity index (χ4n) is 3.54. The molecule has 5 nitrogen and oxygen atoms in total. The molecule has 1 atom stereocenters. The van der Waals surface area contributed by atoms with Crippen molar-refractivity contribution in [1.82, 2.24) is 15.2 Å². The molecule has 0 radical (unpaired) electrons. The van der Waals surface area contributed by atoms with Crippen LogP contribution in [0.15, 0.2) is 54.9 Å².